The van der Waals surface area contributed by atoms with E-state index < -0.39 is 11.7 Å². The zero-order valence-electron chi connectivity index (χ0n) is 15.1. The van der Waals surface area contributed by atoms with E-state index in [2.05, 4.69) is 10.3 Å². The van der Waals surface area contributed by atoms with Gasteiger partial charge in [-0.1, -0.05) is 59.6 Å². The molecule has 2 aromatic heterocycles. The van der Waals surface area contributed by atoms with E-state index in [-0.39, 0.29) is 10.7 Å². The van der Waals surface area contributed by atoms with Crippen LogP contribution in [0.5, 0.6) is 0 Å². The largest absolute Gasteiger partial charge is 0.327 e. The zero-order chi connectivity index (χ0) is 20.4. The Labute approximate surface area is 176 Å². The van der Waals surface area contributed by atoms with E-state index in [4.69, 9.17) is 23.2 Å². The van der Waals surface area contributed by atoms with Crippen molar-refractivity contribution in [3.63, 3.8) is 0 Å². The first-order chi connectivity index (χ1) is 14.0. The first-order valence-electron chi connectivity index (χ1n) is 8.82. The molecule has 2 heterocycles. The molecule has 4 rings (SSSR count). The van der Waals surface area contributed by atoms with Crippen LogP contribution in [0.15, 0.2) is 72.9 Å². The van der Waals surface area contributed by atoms with Gasteiger partial charge in [-0.2, -0.15) is 0 Å². The zero-order valence-corrected chi connectivity index (χ0v) is 16.6. The van der Waals surface area contributed by atoms with E-state index >= 15 is 0 Å². The number of nitrogens with zero attached hydrogens (tertiary/aromatic N) is 2. The van der Waals surface area contributed by atoms with Gasteiger partial charge < -0.3 is 9.88 Å². The number of carbonyl (C=O) groups excluding carboxylic acids is 2. The summed E-state index contributed by atoms with van der Waals surface area (Å²) < 4.78 is 1.81. The van der Waals surface area contributed by atoms with Crippen LogP contribution in [0.25, 0.3) is 10.9 Å². The highest BCUT2D eigenvalue weighted by molar-refractivity contribution is 6.51. The van der Waals surface area contributed by atoms with Gasteiger partial charge in [0, 0.05) is 23.2 Å². The van der Waals surface area contributed by atoms with E-state index in [1.165, 1.54) is 6.20 Å². The van der Waals surface area contributed by atoms with E-state index in [9.17, 15) is 9.59 Å². The maximum Gasteiger partial charge on any atom is 0.298 e. The Balaban J connectivity index is 1.72. The fourth-order valence-corrected chi connectivity index (χ4v) is 3.60. The minimum atomic E-state index is -0.792. The molecule has 0 radical (unpaired) electrons. The molecule has 0 fully saturated rings. The number of carbonyl (C=O) groups is 2. The van der Waals surface area contributed by atoms with E-state index in [0.717, 1.165) is 11.1 Å². The lowest BCUT2D eigenvalue weighted by Crippen LogP contribution is -2.23. The van der Waals surface area contributed by atoms with Gasteiger partial charge in [0.2, 0.25) is 0 Å². The summed E-state index contributed by atoms with van der Waals surface area (Å²) in [7, 11) is 0. The lowest BCUT2D eigenvalue weighted by atomic mass is 10.1. The molecule has 0 bridgehead atoms. The Morgan fingerprint density at radius 2 is 1.66 bits per heavy atom. The average molecular weight is 424 g/mol. The molecule has 0 saturated carbocycles. The molecule has 1 N–H and O–H groups in total. The maximum atomic E-state index is 12.9. The van der Waals surface area contributed by atoms with Crippen molar-refractivity contribution in [1.29, 1.82) is 0 Å². The molecule has 144 valence electrons. The van der Waals surface area contributed by atoms with Crippen LogP contribution in [0, 0.1) is 0 Å². The first-order valence-corrected chi connectivity index (χ1v) is 9.58. The van der Waals surface area contributed by atoms with Crippen molar-refractivity contribution in [2.24, 2.45) is 0 Å². The van der Waals surface area contributed by atoms with Crippen LogP contribution in [-0.4, -0.2) is 21.2 Å². The van der Waals surface area contributed by atoms with Gasteiger partial charge >= 0.3 is 0 Å². The number of anilines is 1. The molecule has 2 aromatic carbocycles. The fourth-order valence-electron chi connectivity index (χ4n) is 3.14. The van der Waals surface area contributed by atoms with Gasteiger partial charge in [-0.15, -0.1) is 0 Å². The van der Waals surface area contributed by atoms with Crippen LogP contribution < -0.4 is 5.32 Å². The average Bonchev–Trinajstić information content (AvgIpc) is 3.01. The third kappa shape index (κ3) is 3.88. The highest BCUT2D eigenvalue weighted by Gasteiger charge is 2.26. The number of Topliss-reactive ketones (excluding diaryl/α,β-unsaturated/α-hetero) is 1. The van der Waals surface area contributed by atoms with Gasteiger partial charge in [0.25, 0.3) is 11.7 Å². The SMILES string of the molecule is O=C(Nc1ccccn1)C(=O)c1c(Cl)n(Cc2ccc(Cl)cc2)c2ccccc12. The number of ketones is 1. The molecule has 0 unspecified atom stereocenters. The van der Waals surface area contributed by atoms with Crippen LogP contribution >= 0.6 is 23.2 Å². The Morgan fingerprint density at radius 3 is 2.38 bits per heavy atom. The van der Waals surface area contributed by atoms with Crippen LogP contribution in [-0.2, 0) is 11.3 Å². The molecule has 0 aliphatic carbocycles. The number of hydrogen-bond acceptors (Lipinski definition) is 3. The molecule has 0 saturated heterocycles. The van der Waals surface area contributed by atoms with Crippen molar-refractivity contribution in [3.8, 4) is 0 Å². The van der Waals surface area contributed by atoms with Gasteiger partial charge in [-0.25, -0.2) is 4.98 Å². The van der Waals surface area contributed by atoms with Crippen LogP contribution in [0.4, 0.5) is 5.82 Å². The van der Waals surface area contributed by atoms with E-state index in [1.54, 1.807) is 47.0 Å². The Bertz CT molecular complexity index is 1200. The number of nitrogens with one attached hydrogen (secondary N) is 1. The summed E-state index contributed by atoms with van der Waals surface area (Å²) in [6.07, 6.45) is 1.53. The summed E-state index contributed by atoms with van der Waals surface area (Å²) in [5.74, 6) is -1.21. The van der Waals surface area contributed by atoms with Crippen molar-refractivity contribution in [3.05, 3.63) is 94.2 Å². The summed E-state index contributed by atoms with van der Waals surface area (Å²) in [5.41, 5.74) is 1.90. The number of aromatic nitrogens is 2. The number of para-hydroxylation sites is 1. The van der Waals surface area contributed by atoms with Crippen molar-refractivity contribution < 1.29 is 9.59 Å². The van der Waals surface area contributed by atoms with Crippen molar-refractivity contribution in [2.75, 3.05) is 5.32 Å². The smallest absolute Gasteiger partial charge is 0.298 e. The summed E-state index contributed by atoms with van der Waals surface area (Å²) in [6, 6.07) is 19.7. The second-order valence-electron chi connectivity index (χ2n) is 6.39. The molecule has 0 atom stereocenters. The summed E-state index contributed by atoms with van der Waals surface area (Å²) in [5, 5.41) is 3.98. The minimum Gasteiger partial charge on any atom is -0.327 e. The van der Waals surface area contributed by atoms with Crippen LogP contribution in [0.2, 0.25) is 10.2 Å². The third-order valence-corrected chi connectivity index (χ3v) is 5.15. The molecular formula is C22H15Cl2N3O2. The topological polar surface area (TPSA) is 64.0 Å². The quantitative estimate of drug-likeness (QED) is 0.353. The highest BCUT2D eigenvalue weighted by atomic mass is 35.5. The molecule has 4 aromatic rings. The lowest BCUT2D eigenvalue weighted by molar-refractivity contribution is -0.112. The number of fused-ring (bicyclic) bond motifs is 1. The Kier molecular flexibility index (Phi) is 5.34. The number of amides is 1. The summed E-state index contributed by atoms with van der Waals surface area (Å²) >= 11 is 12.6. The second kappa shape index (κ2) is 8.07. The van der Waals surface area contributed by atoms with Crippen molar-refractivity contribution >= 4 is 51.6 Å². The van der Waals surface area contributed by atoms with Gasteiger partial charge in [0.1, 0.15) is 11.0 Å². The lowest BCUT2D eigenvalue weighted by Gasteiger charge is -2.08. The van der Waals surface area contributed by atoms with Crippen molar-refractivity contribution in [1.82, 2.24) is 9.55 Å². The van der Waals surface area contributed by atoms with E-state index in [0.29, 0.717) is 22.8 Å². The minimum absolute atomic E-state index is 0.171. The molecular weight excluding hydrogens is 409 g/mol. The summed E-state index contributed by atoms with van der Waals surface area (Å²) in [4.78, 5) is 29.5. The van der Waals surface area contributed by atoms with Gasteiger partial charge in [0.05, 0.1) is 11.1 Å². The Morgan fingerprint density at radius 1 is 0.931 bits per heavy atom. The second-order valence-corrected chi connectivity index (χ2v) is 7.19. The van der Waals surface area contributed by atoms with Gasteiger partial charge in [-0.3, -0.25) is 9.59 Å². The van der Waals surface area contributed by atoms with Crippen LogP contribution in [0.1, 0.15) is 15.9 Å². The predicted octanol–water partition coefficient (Wildman–Crippen LogP) is 5.21. The third-order valence-electron chi connectivity index (χ3n) is 4.50. The Hall–Kier alpha value is -3.15. The molecule has 29 heavy (non-hydrogen) atoms. The fraction of sp³-hybridized carbons (Fsp3) is 0.0455. The number of benzene rings is 2. The molecule has 0 aliphatic rings. The normalized spacial score (nSPS) is 10.8. The number of hydrogen-bond donors (Lipinski definition) is 1. The van der Waals surface area contributed by atoms with Gasteiger partial charge in [0.15, 0.2) is 0 Å². The van der Waals surface area contributed by atoms with E-state index in [1.807, 2.05) is 24.3 Å². The molecule has 1 amide bonds. The first kappa shape index (κ1) is 19.2. The van der Waals surface area contributed by atoms with Crippen molar-refractivity contribution in [2.45, 2.75) is 6.54 Å². The standard InChI is InChI=1S/C22H15Cl2N3O2/c23-15-10-8-14(9-11-15)13-27-17-6-2-1-5-16(17)19(21(27)24)20(28)22(29)26-18-7-3-4-12-25-18/h1-12H,13H2,(H,25,26,29). The predicted molar refractivity (Wildman–Crippen MR) is 115 cm³/mol. The number of halogens is 2. The monoisotopic (exact) mass is 423 g/mol. The highest BCUT2D eigenvalue weighted by Crippen LogP contribution is 2.31. The summed E-state index contributed by atoms with van der Waals surface area (Å²) in [6.45, 7) is 0.436. The molecule has 7 heteroatoms. The number of pyridine rings is 1. The van der Waals surface area contributed by atoms with Crippen LogP contribution in [0.3, 0.4) is 0 Å². The molecule has 0 aliphatic heterocycles. The van der Waals surface area contributed by atoms with Gasteiger partial charge in [-0.05, 0) is 35.9 Å². The molecule has 0 spiro atoms. The number of rotatable bonds is 5. The molecule has 5 nitrogen and oxygen atoms in total. The maximum absolute atomic E-state index is 12.9.